The van der Waals surface area contributed by atoms with Crippen molar-refractivity contribution in [2.45, 2.75) is 6.61 Å². The third-order valence-electron chi connectivity index (χ3n) is 2.48. The molecular weight excluding hydrogens is 296 g/mol. The molecule has 1 N–H and O–H groups in total. The molecular formula is C14H13BrO3. The van der Waals surface area contributed by atoms with E-state index in [0.717, 1.165) is 15.8 Å². The second kappa shape index (κ2) is 5.78. The van der Waals surface area contributed by atoms with Crippen LogP contribution in [0.3, 0.4) is 0 Å². The molecule has 0 heterocycles. The zero-order valence-corrected chi connectivity index (χ0v) is 11.5. The molecule has 3 nitrogen and oxygen atoms in total. The molecule has 0 saturated carbocycles. The van der Waals surface area contributed by atoms with E-state index in [2.05, 4.69) is 15.9 Å². The molecule has 2 rings (SSSR count). The Morgan fingerprint density at radius 1 is 1.11 bits per heavy atom. The van der Waals surface area contributed by atoms with E-state index in [-0.39, 0.29) is 5.75 Å². The van der Waals surface area contributed by atoms with E-state index in [1.807, 2.05) is 30.3 Å². The lowest BCUT2D eigenvalue weighted by molar-refractivity contribution is 0.297. The summed E-state index contributed by atoms with van der Waals surface area (Å²) in [6.45, 7) is 0.312. The average molecular weight is 309 g/mol. The smallest absolute Gasteiger partial charge is 0.123 e. The summed E-state index contributed by atoms with van der Waals surface area (Å²) in [5, 5.41) is 9.74. The molecule has 0 unspecified atom stereocenters. The van der Waals surface area contributed by atoms with Gasteiger partial charge in [0.15, 0.2) is 0 Å². The average Bonchev–Trinajstić information content (AvgIpc) is 2.38. The summed E-state index contributed by atoms with van der Waals surface area (Å²) >= 11 is 3.29. The van der Waals surface area contributed by atoms with E-state index in [0.29, 0.717) is 12.4 Å². The predicted molar refractivity (Wildman–Crippen MR) is 73.1 cm³/mol. The summed E-state index contributed by atoms with van der Waals surface area (Å²) < 4.78 is 11.5. The Balaban J connectivity index is 2.06. The molecule has 0 aliphatic heterocycles. The van der Waals surface area contributed by atoms with E-state index < -0.39 is 0 Å². The number of phenols is 1. The second-order valence-corrected chi connectivity index (χ2v) is 4.66. The molecule has 0 aliphatic carbocycles. The SMILES string of the molecule is COc1cccc(OCc2ccc(Br)cc2O)c1. The quantitative estimate of drug-likeness (QED) is 0.935. The van der Waals surface area contributed by atoms with Gasteiger partial charge in [-0.05, 0) is 24.3 Å². The number of hydrogen-bond acceptors (Lipinski definition) is 3. The third-order valence-corrected chi connectivity index (χ3v) is 2.98. The van der Waals surface area contributed by atoms with Gasteiger partial charge >= 0.3 is 0 Å². The van der Waals surface area contributed by atoms with Crippen molar-refractivity contribution < 1.29 is 14.6 Å². The fourth-order valence-corrected chi connectivity index (χ4v) is 1.86. The van der Waals surface area contributed by atoms with Crippen molar-refractivity contribution >= 4 is 15.9 Å². The summed E-state index contributed by atoms with van der Waals surface area (Å²) in [5.74, 6) is 1.66. The van der Waals surface area contributed by atoms with Crippen molar-refractivity contribution in [1.82, 2.24) is 0 Å². The summed E-state index contributed by atoms with van der Waals surface area (Å²) in [6, 6.07) is 12.7. The molecule has 0 aromatic heterocycles. The Labute approximate surface area is 114 Å². The van der Waals surface area contributed by atoms with Gasteiger partial charge in [0.2, 0.25) is 0 Å². The molecule has 0 spiro atoms. The first-order valence-electron chi connectivity index (χ1n) is 5.43. The van der Waals surface area contributed by atoms with E-state index in [4.69, 9.17) is 9.47 Å². The number of methoxy groups -OCH3 is 1. The first-order chi connectivity index (χ1) is 8.69. The van der Waals surface area contributed by atoms with Gasteiger partial charge in [-0.1, -0.05) is 28.1 Å². The monoisotopic (exact) mass is 308 g/mol. The molecule has 0 amide bonds. The van der Waals surface area contributed by atoms with Gasteiger partial charge in [0.25, 0.3) is 0 Å². The van der Waals surface area contributed by atoms with Crippen LogP contribution in [0.25, 0.3) is 0 Å². The number of rotatable bonds is 4. The maximum absolute atomic E-state index is 9.74. The molecule has 94 valence electrons. The van der Waals surface area contributed by atoms with Crippen molar-refractivity contribution in [3.05, 3.63) is 52.5 Å². The number of phenolic OH excluding ortho intramolecular Hbond substituents is 1. The van der Waals surface area contributed by atoms with Gasteiger partial charge in [0, 0.05) is 16.1 Å². The Kier molecular flexibility index (Phi) is 4.10. The highest BCUT2D eigenvalue weighted by Gasteiger charge is 2.03. The van der Waals surface area contributed by atoms with Crippen LogP contribution in [-0.4, -0.2) is 12.2 Å². The van der Waals surface area contributed by atoms with Crippen LogP contribution in [0.4, 0.5) is 0 Å². The van der Waals surface area contributed by atoms with E-state index in [1.165, 1.54) is 0 Å². The summed E-state index contributed by atoms with van der Waals surface area (Å²) in [7, 11) is 1.61. The standard InChI is InChI=1S/C14H13BrO3/c1-17-12-3-2-4-13(8-12)18-9-10-5-6-11(15)7-14(10)16/h2-8,16H,9H2,1H3. The normalized spacial score (nSPS) is 10.1. The Morgan fingerprint density at radius 2 is 1.89 bits per heavy atom. The van der Waals surface area contributed by atoms with Crippen LogP contribution in [0, 0.1) is 0 Å². The molecule has 4 heteroatoms. The van der Waals surface area contributed by atoms with E-state index in [1.54, 1.807) is 19.2 Å². The minimum atomic E-state index is 0.215. The van der Waals surface area contributed by atoms with Crippen LogP contribution >= 0.6 is 15.9 Å². The zero-order valence-electron chi connectivity index (χ0n) is 9.89. The molecule has 0 fully saturated rings. The number of aromatic hydroxyl groups is 1. The van der Waals surface area contributed by atoms with Crippen LogP contribution in [0.5, 0.6) is 17.2 Å². The number of halogens is 1. The lowest BCUT2D eigenvalue weighted by Gasteiger charge is -2.09. The minimum Gasteiger partial charge on any atom is -0.507 e. The summed E-state index contributed by atoms with van der Waals surface area (Å²) in [5.41, 5.74) is 0.737. The van der Waals surface area contributed by atoms with Crippen molar-refractivity contribution in [3.8, 4) is 17.2 Å². The van der Waals surface area contributed by atoms with Crippen molar-refractivity contribution in [1.29, 1.82) is 0 Å². The first kappa shape index (κ1) is 12.8. The molecule has 0 atom stereocenters. The van der Waals surface area contributed by atoms with Gasteiger partial charge in [0.1, 0.15) is 23.9 Å². The van der Waals surface area contributed by atoms with Gasteiger partial charge in [0.05, 0.1) is 7.11 Å². The van der Waals surface area contributed by atoms with Crippen molar-refractivity contribution in [3.63, 3.8) is 0 Å². The molecule has 0 radical (unpaired) electrons. The molecule has 2 aromatic rings. The Hall–Kier alpha value is -1.68. The van der Waals surface area contributed by atoms with Crippen LogP contribution in [-0.2, 0) is 6.61 Å². The highest BCUT2D eigenvalue weighted by atomic mass is 79.9. The zero-order chi connectivity index (χ0) is 13.0. The van der Waals surface area contributed by atoms with Crippen molar-refractivity contribution in [2.75, 3.05) is 7.11 Å². The maximum atomic E-state index is 9.74. The lowest BCUT2D eigenvalue weighted by atomic mass is 10.2. The van der Waals surface area contributed by atoms with Crippen LogP contribution in [0.2, 0.25) is 0 Å². The van der Waals surface area contributed by atoms with Gasteiger partial charge in [-0.3, -0.25) is 0 Å². The van der Waals surface area contributed by atoms with Gasteiger partial charge in [-0.25, -0.2) is 0 Å². The predicted octanol–water partition coefficient (Wildman–Crippen LogP) is 3.74. The number of ether oxygens (including phenoxy) is 2. The molecule has 18 heavy (non-hydrogen) atoms. The van der Waals surface area contributed by atoms with E-state index in [9.17, 15) is 5.11 Å². The highest BCUT2D eigenvalue weighted by molar-refractivity contribution is 9.10. The summed E-state index contributed by atoms with van der Waals surface area (Å²) in [6.07, 6.45) is 0. The second-order valence-electron chi connectivity index (χ2n) is 3.74. The largest absolute Gasteiger partial charge is 0.507 e. The molecule has 0 saturated heterocycles. The minimum absolute atomic E-state index is 0.215. The third kappa shape index (κ3) is 3.17. The lowest BCUT2D eigenvalue weighted by Crippen LogP contribution is -1.96. The van der Waals surface area contributed by atoms with Crippen molar-refractivity contribution in [2.24, 2.45) is 0 Å². The van der Waals surface area contributed by atoms with Gasteiger partial charge in [-0.2, -0.15) is 0 Å². The number of hydrogen-bond donors (Lipinski definition) is 1. The Bertz CT molecular complexity index is 540. The van der Waals surface area contributed by atoms with Crippen LogP contribution in [0.1, 0.15) is 5.56 Å². The van der Waals surface area contributed by atoms with Crippen LogP contribution in [0.15, 0.2) is 46.9 Å². The van der Waals surface area contributed by atoms with Gasteiger partial charge < -0.3 is 14.6 Å². The highest BCUT2D eigenvalue weighted by Crippen LogP contribution is 2.25. The summed E-state index contributed by atoms with van der Waals surface area (Å²) in [4.78, 5) is 0. The molecule has 0 bridgehead atoms. The first-order valence-corrected chi connectivity index (χ1v) is 6.22. The Morgan fingerprint density at radius 3 is 2.61 bits per heavy atom. The maximum Gasteiger partial charge on any atom is 0.123 e. The molecule has 2 aromatic carbocycles. The fraction of sp³-hybridized carbons (Fsp3) is 0.143. The topological polar surface area (TPSA) is 38.7 Å². The fourth-order valence-electron chi connectivity index (χ4n) is 1.51. The number of benzene rings is 2. The van der Waals surface area contributed by atoms with Gasteiger partial charge in [-0.15, -0.1) is 0 Å². The van der Waals surface area contributed by atoms with E-state index >= 15 is 0 Å². The van der Waals surface area contributed by atoms with Crippen LogP contribution < -0.4 is 9.47 Å². The molecule has 0 aliphatic rings.